The highest BCUT2D eigenvalue weighted by Crippen LogP contribution is 2.48. The standard InChI is InChI=1S/C28H26F5NO3/c1-35-18-8-9-19-21(14-18)37-15-20(23-24(29)26(31)28(33)27(32)25(23)30)22(19)16-4-6-17(7-5-16)36-13-12-34-10-2-3-11-34/h4-9,14,20,22H,2-3,10-13,15H2,1H3/t20-,22+/m1/s1. The molecular formula is C28H26F5NO3. The van der Waals surface area contributed by atoms with E-state index < -0.39 is 46.5 Å². The van der Waals surface area contributed by atoms with Crippen molar-refractivity contribution < 1.29 is 36.2 Å². The lowest BCUT2D eigenvalue weighted by molar-refractivity contribution is 0.235. The van der Waals surface area contributed by atoms with Gasteiger partial charge >= 0.3 is 0 Å². The average molecular weight is 520 g/mol. The molecule has 1 saturated heterocycles. The number of methoxy groups -OCH3 is 1. The lowest BCUT2D eigenvalue weighted by Gasteiger charge is -2.35. The minimum atomic E-state index is -2.19. The molecule has 0 radical (unpaired) electrons. The molecule has 3 aromatic carbocycles. The fraction of sp³-hybridized carbons (Fsp3) is 0.357. The largest absolute Gasteiger partial charge is 0.497 e. The highest BCUT2D eigenvalue weighted by molar-refractivity contribution is 5.51. The van der Waals surface area contributed by atoms with Crippen LogP contribution in [0, 0.1) is 29.1 Å². The summed E-state index contributed by atoms with van der Waals surface area (Å²) in [6, 6.07) is 11.9. The second kappa shape index (κ2) is 10.6. The van der Waals surface area contributed by atoms with Crippen LogP contribution in [0.1, 0.15) is 41.4 Å². The van der Waals surface area contributed by atoms with Crippen LogP contribution in [-0.2, 0) is 0 Å². The van der Waals surface area contributed by atoms with E-state index in [1.807, 2.05) is 0 Å². The zero-order valence-corrected chi connectivity index (χ0v) is 20.2. The normalized spacial score (nSPS) is 19.4. The van der Waals surface area contributed by atoms with E-state index in [1.54, 1.807) is 42.5 Å². The molecule has 0 spiro atoms. The van der Waals surface area contributed by atoms with Gasteiger partial charge in [-0.15, -0.1) is 0 Å². The van der Waals surface area contributed by atoms with Gasteiger partial charge in [0.25, 0.3) is 0 Å². The van der Waals surface area contributed by atoms with Crippen LogP contribution in [0.25, 0.3) is 0 Å². The average Bonchev–Trinajstić information content (AvgIpc) is 3.44. The maximum absolute atomic E-state index is 14.9. The number of benzene rings is 3. The molecule has 0 unspecified atom stereocenters. The Morgan fingerprint density at radius 1 is 0.838 bits per heavy atom. The molecule has 5 rings (SSSR count). The highest BCUT2D eigenvalue weighted by Gasteiger charge is 2.40. The Hall–Kier alpha value is -3.33. The van der Waals surface area contributed by atoms with Crippen molar-refractivity contribution >= 4 is 0 Å². The van der Waals surface area contributed by atoms with Crippen molar-refractivity contribution in [1.82, 2.24) is 4.90 Å². The van der Waals surface area contributed by atoms with Crippen LogP contribution in [0.3, 0.4) is 0 Å². The lowest BCUT2D eigenvalue weighted by Crippen LogP contribution is -2.28. The topological polar surface area (TPSA) is 30.9 Å². The number of hydrogen-bond acceptors (Lipinski definition) is 4. The van der Waals surface area contributed by atoms with Crippen molar-refractivity contribution in [1.29, 1.82) is 0 Å². The molecule has 0 aromatic heterocycles. The summed E-state index contributed by atoms with van der Waals surface area (Å²) in [4.78, 5) is 2.33. The van der Waals surface area contributed by atoms with E-state index in [0.717, 1.165) is 19.6 Å². The quantitative estimate of drug-likeness (QED) is 0.212. The molecule has 1 fully saturated rings. The molecule has 4 nitrogen and oxygen atoms in total. The van der Waals surface area contributed by atoms with E-state index in [2.05, 4.69) is 4.90 Å². The summed E-state index contributed by atoms with van der Waals surface area (Å²) in [5, 5.41) is 0. The van der Waals surface area contributed by atoms with E-state index in [-0.39, 0.29) is 6.61 Å². The summed E-state index contributed by atoms with van der Waals surface area (Å²) in [7, 11) is 1.49. The summed E-state index contributed by atoms with van der Waals surface area (Å²) in [5.74, 6) is -10.2. The molecule has 0 bridgehead atoms. The minimum absolute atomic E-state index is 0.294. The van der Waals surface area contributed by atoms with Gasteiger partial charge in [-0.05, 0) is 49.7 Å². The highest BCUT2D eigenvalue weighted by atomic mass is 19.2. The van der Waals surface area contributed by atoms with Crippen LogP contribution in [-0.4, -0.2) is 44.9 Å². The van der Waals surface area contributed by atoms with Gasteiger partial charge in [-0.25, -0.2) is 22.0 Å². The Balaban J connectivity index is 1.50. The number of nitrogens with zero attached hydrogens (tertiary/aromatic N) is 1. The lowest BCUT2D eigenvalue weighted by atomic mass is 9.75. The Bertz CT molecular complexity index is 1250. The third kappa shape index (κ3) is 4.84. The first-order valence-electron chi connectivity index (χ1n) is 12.2. The van der Waals surface area contributed by atoms with Crippen molar-refractivity contribution in [2.24, 2.45) is 0 Å². The van der Waals surface area contributed by atoms with Crippen molar-refractivity contribution in [2.45, 2.75) is 24.7 Å². The number of fused-ring (bicyclic) bond motifs is 1. The van der Waals surface area contributed by atoms with Crippen LogP contribution in [0.15, 0.2) is 42.5 Å². The summed E-state index contributed by atoms with van der Waals surface area (Å²) in [5.41, 5.74) is 0.271. The number of rotatable bonds is 7. The van der Waals surface area contributed by atoms with E-state index >= 15 is 0 Å². The minimum Gasteiger partial charge on any atom is -0.497 e. The van der Waals surface area contributed by atoms with Gasteiger partial charge in [0.2, 0.25) is 5.82 Å². The summed E-state index contributed by atoms with van der Waals surface area (Å²) in [6.07, 6.45) is 2.38. The molecule has 9 heteroatoms. The van der Waals surface area contributed by atoms with Gasteiger partial charge in [0.15, 0.2) is 23.3 Å². The maximum atomic E-state index is 14.9. The zero-order valence-electron chi connectivity index (χ0n) is 20.2. The van der Waals surface area contributed by atoms with Crippen LogP contribution in [0.4, 0.5) is 22.0 Å². The predicted octanol–water partition coefficient (Wildman–Crippen LogP) is 6.17. The molecule has 2 aliphatic heterocycles. The Morgan fingerprint density at radius 2 is 1.46 bits per heavy atom. The van der Waals surface area contributed by atoms with Gasteiger partial charge in [-0.1, -0.05) is 18.2 Å². The van der Waals surface area contributed by atoms with Gasteiger partial charge in [0.1, 0.15) is 23.9 Å². The van der Waals surface area contributed by atoms with Crippen molar-refractivity contribution in [3.05, 3.63) is 88.2 Å². The van der Waals surface area contributed by atoms with Crippen LogP contribution >= 0.6 is 0 Å². The molecule has 2 atom stereocenters. The first-order valence-corrected chi connectivity index (χ1v) is 12.2. The second-order valence-electron chi connectivity index (χ2n) is 9.25. The van der Waals surface area contributed by atoms with E-state index in [4.69, 9.17) is 14.2 Å². The predicted molar refractivity (Wildman–Crippen MR) is 127 cm³/mol. The number of hydrogen-bond donors (Lipinski definition) is 0. The SMILES string of the molecule is COc1ccc2c(c1)OC[C@@H](c1c(F)c(F)c(F)c(F)c1F)[C@H]2c1ccc(OCCN2CCCC2)cc1. The van der Waals surface area contributed by atoms with Gasteiger partial charge in [-0.3, -0.25) is 4.90 Å². The molecule has 0 saturated carbocycles. The molecule has 0 N–H and O–H groups in total. The first kappa shape index (κ1) is 25.3. The van der Waals surface area contributed by atoms with Gasteiger partial charge in [0.05, 0.1) is 13.7 Å². The Labute approximate surface area is 211 Å². The zero-order chi connectivity index (χ0) is 26.1. The van der Waals surface area contributed by atoms with E-state index in [0.29, 0.717) is 35.0 Å². The first-order chi connectivity index (χ1) is 17.9. The molecule has 2 heterocycles. The van der Waals surface area contributed by atoms with Gasteiger partial charge in [-0.2, -0.15) is 0 Å². The van der Waals surface area contributed by atoms with Crippen molar-refractivity contribution in [3.8, 4) is 17.2 Å². The fourth-order valence-electron chi connectivity index (χ4n) is 5.20. The fourth-order valence-corrected chi connectivity index (χ4v) is 5.20. The second-order valence-corrected chi connectivity index (χ2v) is 9.25. The molecule has 2 aliphatic rings. The third-order valence-electron chi connectivity index (χ3n) is 7.11. The summed E-state index contributed by atoms with van der Waals surface area (Å²) in [6.45, 7) is 3.17. The number of halogens is 5. The Kier molecular flexibility index (Phi) is 7.24. The summed E-state index contributed by atoms with van der Waals surface area (Å²) < 4.78 is 88.6. The molecule has 3 aromatic rings. The molecule has 0 amide bonds. The van der Waals surface area contributed by atoms with Crippen LogP contribution < -0.4 is 14.2 Å². The summed E-state index contributed by atoms with van der Waals surface area (Å²) >= 11 is 0. The van der Waals surface area contributed by atoms with Crippen LogP contribution in [0.2, 0.25) is 0 Å². The molecule has 196 valence electrons. The van der Waals surface area contributed by atoms with Crippen molar-refractivity contribution in [3.63, 3.8) is 0 Å². The van der Waals surface area contributed by atoms with Gasteiger partial charge in [0, 0.05) is 35.6 Å². The number of likely N-dealkylation sites (tertiary alicyclic amines) is 1. The Morgan fingerprint density at radius 3 is 2.11 bits per heavy atom. The third-order valence-corrected chi connectivity index (χ3v) is 7.11. The molecule has 0 aliphatic carbocycles. The maximum Gasteiger partial charge on any atom is 0.200 e. The van der Waals surface area contributed by atoms with Gasteiger partial charge < -0.3 is 14.2 Å². The monoisotopic (exact) mass is 519 g/mol. The number of ether oxygens (including phenoxy) is 3. The molecular weight excluding hydrogens is 493 g/mol. The van der Waals surface area contributed by atoms with E-state index in [9.17, 15) is 22.0 Å². The van der Waals surface area contributed by atoms with Crippen LogP contribution in [0.5, 0.6) is 17.2 Å². The van der Waals surface area contributed by atoms with E-state index in [1.165, 1.54) is 20.0 Å². The smallest absolute Gasteiger partial charge is 0.200 e. The van der Waals surface area contributed by atoms with Crippen molar-refractivity contribution in [2.75, 3.05) is 40.0 Å². The molecule has 37 heavy (non-hydrogen) atoms.